The first-order valence-corrected chi connectivity index (χ1v) is 7.64. The highest BCUT2D eigenvalue weighted by Crippen LogP contribution is 2.17. The number of nitrogens with one attached hydrogen (secondary N) is 2. The van der Waals surface area contributed by atoms with Gasteiger partial charge in [0.1, 0.15) is 11.3 Å². The molecule has 0 spiro atoms. The van der Waals surface area contributed by atoms with E-state index < -0.39 is 17.0 Å². The standard InChI is InChI=1S/C17H23N3O3/c1-11(2)9-17(3,10-18)20-16(22)12-6-7-13(19-15(12)21)14-5-4-8-23-14/h4-8,11H,9-10,18H2,1-3H3,(H,19,21)(H,20,22). The van der Waals surface area contributed by atoms with E-state index in [9.17, 15) is 9.59 Å². The zero-order valence-electron chi connectivity index (χ0n) is 13.7. The Labute approximate surface area is 135 Å². The van der Waals surface area contributed by atoms with E-state index in [1.54, 1.807) is 18.2 Å². The van der Waals surface area contributed by atoms with Gasteiger partial charge in [0.15, 0.2) is 0 Å². The van der Waals surface area contributed by atoms with Crippen molar-refractivity contribution in [2.24, 2.45) is 11.7 Å². The number of carbonyl (C=O) groups is 1. The molecule has 1 unspecified atom stereocenters. The second-order valence-corrected chi connectivity index (χ2v) is 6.41. The van der Waals surface area contributed by atoms with Crippen LogP contribution >= 0.6 is 0 Å². The summed E-state index contributed by atoms with van der Waals surface area (Å²) in [5, 5.41) is 2.88. The molecule has 1 amide bonds. The number of amides is 1. The number of rotatable bonds is 6. The van der Waals surface area contributed by atoms with Crippen LogP contribution in [0.2, 0.25) is 0 Å². The fourth-order valence-corrected chi connectivity index (χ4v) is 2.66. The van der Waals surface area contributed by atoms with Crippen LogP contribution in [0.15, 0.2) is 39.7 Å². The lowest BCUT2D eigenvalue weighted by molar-refractivity contribution is 0.0896. The summed E-state index contributed by atoms with van der Waals surface area (Å²) in [6, 6.07) is 6.61. The van der Waals surface area contributed by atoms with E-state index in [1.807, 2.05) is 6.92 Å². The van der Waals surface area contributed by atoms with Crippen molar-refractivity contribution < 1.29 is 9.21 Å². The third-order valence-corrected chi connectivity index (χ3v) is 3.67. The number of furan rings is 1. The van der Waals surface area contributed by atoms with E-state index >= 15 is 0 Å². The smallest absolute Gasteiger partial charge is 0.261 e. The number of aromatic nitrogens is 1. The predicted octanol–water partition coefficient (Wildman–Crippen LogP) is 2.13. The molecule has 124 valence electrons. The minimum atomic E-state index is -0.544. The quantitative estimate of drug-likeness (QED) is 0.759. The number of pyridine rings is 1. The van der Waals surface area contributed by atoms with Gasteiger partial charge in [-0.25, -0.2) is 0 Å². The third kappa shape index (κ3) is 4.10. The Kier molecular flexibility index (Phi) is 5.05. The zero-order valence-corrected chi connectivity index (χ0v) is 13.7. The van der Waals surface area contributed by atoms with E-state index in [0.29, 0.717) is 23.9 Å². The highest BCUT2D eigenvalue weighted by molar-refractivity contribution is 5.94. The average molecular weight is 317 g/mol. The van der Waals surface area contributed by atoms with Crippen LogP contribution in [-0.4, -0.2) is 23.0 Å². The summed E-state index contributed by atoms with van der Waals surface area (Å²) in [7, 11) is 0. The molecule has 2 aromatic rings. The predicted molar refractivity (Wildman–Crippen MR) is 89.1 cm³/mol. The topological polar surface area (TPSA) is 101 Å². The number of hydrogen-bond donors (Lipinski definition) is 3. The number of carbonyl (C=O) groups excluding carboxylic acids is 1. The molecule has 0 bridgehead atoms. The van der Waals surface area contributed by atoms with Gasteiger partial charge in [0.25, 0.3) is 11.5 Å². The second-order valence-electron chi connectivity index (χ2n) is 6.41. The van der Waals surface area contributed by atoms with Crippen molar-refractivity contribution in [2.45, 2.75) is 32.7 Å². The van der Waals surface area contributed by atoms with Gasteiger partial charge in [-0.2, -0.15) is 0 Å². The molecule has 0 saturated heterocycles. The van der Waals surface area contributed by atoms with Gasteiger partial charge in [0, 0.05) is 12.1 Å². The Hall–Kier alpha value is -2.34. The Morgan fingerprint density at radius 1 is 1.39 bits per heavy atom. The van der Waals surface area contributed by atoms with E-state index in [4.69, 9.17) is 10.2 Å². The molecule has 0 fully saturated rings. The van der Waals surface area contributed by atoms with E-state index in [1.165, 1.54) is 12.3 Å². The Bertz CT molecular complexity index is 719. The number of hydrogen-bond acceptors (Lipinski definition) is 4. The summed E-state index contributed by atoms with van der Waals surface area (Å²) in [6.07, 6.45) is 2.25. The molecule has 0 aromatic carbocycles. The van der Waals surface area contributed by atoms with Crippen molar-refractivity contribution >= 4 is 5.91 Å². The Morgan fingerprint density at radius 3 is 2.65 bits per heavy atom. The van der Waals surface area contributed by atoms with Crippen LogP contribution in [0.5, 0.6) is 0 Å². The highest BCUT2D eigenvalue weighted by Gasteiger charge is 2.27. The van der Waals surface area contributed by atoms with E-state index in [2.05, 4.69) is 24.1 Å². The lowest BCUT2D eigenvalue weighted by Crippen LogP contribution is -2.52. The number of H-pyrrole nitrogens is 1. The summed E-state index contributed by atoms with van der Waals surface area (Å²) in [5.41, 5.74) is 5.38. The fraction of sp³-hybridized carbons (Fsp3) is 0.412. The maximum absolute atomic E-state index is 12.4. The van der Waals surface area contributed by atoms with Crippen LogP contribution in [0.4, 0.5) is 0 Å². The zero-order chi connectivity index (χ0) is 17.0. The largest absolute Gasteiger partial charge is 0.463 e. The molecule has 0 saturated carbocycles. The van der Waals surface area contributed by atoms with E-state index in [0.717, 1.165) is 6.42 Å². The van der Waals surface area contributed by atoms with Crippen molar-refractivity contribution in [1.29, 1.82) is 0 Å². The van der Waals surface area contributed by atoms with Crippen molar-refractivity contribution in [2.75, 3.05) is 6.54 Å². The van der Waals surface area contributed by atoms with Crippen LogP contribution in [0.25, 0.3) is 11.5 Å². The minimum Gasteiger partial charge on any atom is -0.463 e. The maximum atomic E-state index is 12.4. The molecule has 0 aliphatic heterocycles. The van der Waals surface area contributed by atoms with Gasteiger partial charge in [-0.3, -0.25) is 9.59 Å². The average Bonchev–Trinajstić information content (AvgIpc) is 3.00. The second kappa shape index (κ2) is 6.83. The number of aromatic amines is 1. The van der Waals surface area contributed by atoms with Crippen molar-refractivity contribution in [3.8, 4) is 11.5 Å². The molecule has 2 heterocycles. The van der Waals surface area contributed by atoms with Gasteiger partial charge in [-0.05, 0) is 43.5 Å². The Morgan fingerprint density at radius 2 is 2.13 bits per heavy atom. The monoisotopic (exact) mass is 317 g/mol. The SMILES string of the molecule is CC(C)CC(C)(CN)NC(=O)c1ccc(-c2ccco2)[nH]c1=O. The molecule has 6 heteroatoms. The first-order valence-electron chi connectivity index (χ1n) is 7.64. The van der Waals surface area contributed by atoms with Crippen LogP contribution in [0.1, 0.15) is 37.6 Å². The maximum Gasteiger partial charge on any atom is 0.261 e. The van der Waals surface area contributed by atoms with Gasteiger partial charge >= 0.3 is 0 Å². The Balaban J connectivity index is 2.21. The summed E-state index contributed by atoms with van der Waals surface area (Å²) in [6.45, 7) is 6.31. The lowest BCUT2D eigenvalue weighted by atomic mass is 9.90. The summed E-state index contributed by atoms with van der Waals surface area (Å²) in [5.74, 6) is 0.495. The molecule has 0 aliphatic rings. The molecular weight excluding hydrogens is 294 g/mol. The van der Waals surface area contributed by atoms with Gasteiger partial charge in [-0.1, -0.05) is 13.8 Å². The first kappa shape index (κ1) is 17.0. The third-order valence-electron chi connectivity index (χ3n) is 3.67. The van der Waals surface area contributed by atoms with Gasteiger partial charge in [0.2, 0.25) is 0 Å². The molecule has 2 rings (SSSR count). The summed E-state index contributed by atoms with van der Waals surface area (Å²) in [4.78, 5) is 27.3. The number of nitrogens with two attached hydrogens (primary N) is 1. The van der Waals surface area contributed by atoms with Crippen LogP contribution in [0.3, 0.4) is 0 Å². The fourth-order valence-electron chi connectivity index (χ4n) is 2.66. The van der Waals surface area contributed by atoms with Crippen LogP contribution in [0, 0.1) is 5.92 Å². The molecule has 2 aromatic heterocycles. The lowest BCUT2D eigenvalue weighted by Gasteiger charge is -2.31. The molecule has 0 radical (unpaired) electrons. The van der Waals surface area contributed by atoms with Crippen molar-refractivity contribution in [1.82, 2.24) is 10.3 Å². The van der Waals surface area contributed by atoms with Crippen LogP contribution in [-0.2, 0) is 0 Å². The molecule has 0 aliphatic carbocycles. The molecule has 23 heavy (non-hydrogen) atoms. The highest BCUT2D eigenvalue weighted by atomic mass is 16.3. The van der Waals surface area contributed by atoms with Gasteiger partial charge < -0.3 is 20.5 Å². The van der Waals surface area contributed by atoms with Gasteiger partial charge in [-0.15, -0.1) is 0 Å². The van der Waals surface area contributed by atoms with Crippen molar-refractivity contribution in [3.05, 3.63) is 46.4 Å². The summed E-state index contributed by atoms with van der Waals surface area (Å²) >= 11 is 0. The van der Waals surface area contributed by atoms with Crippen molar-refractivity contribution in [3.63, 3.8) is 0 Å². The van der Waals surface area contributed by atoms with Crippen LogP contribution < -0.4 is 16.6 Å². The molecule has 1 atom stereocenters. The first-order chi connectivity index (χ1) is 10.8. The van der Waals surface area contributed by atoms with E-state index in [-0.39, 0.29) is 5.56 Å². The summed E-state index contributed by atoms with van der Waals surface area (Å²) < 4.78 is 5.23. The van der Waals surface area contributed by atoms with Gasteiger partial charge in [0.05, 0.1) is 12.0 Å². The molecule has 6 nitrogen and oxygen atoms in total. The minimum absolute atomic E-state index is 0.0590. The molecule has 4 N–H and O–H groups in total. The molecular formula is C17H23N3O3. The normalized spacial score (nSPS) is 13.8.